The van der Waals surface area contributed by atoms with Crippen molar-refractivity contribution in [3.8, 4) is 0 Å². The molecule has 0 unspecified atom stereocenters. The Balaban J connectivity index is 1.59. The Morgan fingerprint density at radius 3 is 2.67 bits per heavy atom. The molecule has 1 heterocycles. The fourth-order valence-corrected chi connectivity index (χ4v) is 4.04. The van der Waals surface area contributed by atoms with Gasteiger partial charge in [0.2, 0.25) is 5.91 Å². The molecular formula is C20H29NO3. The van der Waals surface area contributed by atoms with E-state index in [1.165, 1.54) is 11.1 Å². The van der Waals surface area contributed by atoms with Crippen molar-refractivity contribution in [1.82, 2.24) is 4.90 Å². The molecule has 2 fully saturated rings. The average Bonchev–Trinajstić information content (AvgIpc) is 3.06. The summed E-state index contributed by atoms with van der Waals surface area (Å²) < 4.78 is 5.61. The zero-order valence-electron chi connectivity index (χ0n) is 14.6. The quantitative estimate of drug-likeness (QED) is 0.902. The van der Waals surface area contributed by atoms with Gasteiger partial charge in [-0.3, -0.25) is 4.79 Å². The van der Waals surface area contributed by atoms with Crippen LogP contribution in [0.2, 0.25) is 0 Å². The summed E-state index contributed by atoms with van der Waals surface area (Å²) in [4.78, 5) is 14.7. The van der Waals surface area contributed by atoms with E-state index in [2.05, 4.69) is 31.2 Å². The first-order valence-corrected chi connectivity index (χ1v) is 9.32. The van der Waals surface area contributed by atoms with Crippen LogP contribution in [0.1, 0.15) is 43.7 Å². The van der Waals surface area contributed by atoms with Crippen LogP contribution in [-0.2, 0) is 22.4 Å². The number of amides is 1. The molecule has 0 aromatic heterocycles. The maximum Gasteiger partial charge on any atom is 0.223 e. The topological polar surface area (TPSA) is 49.8 Å². The first-order valence-electron chi connectivity index (χ1n) is 9.32. The van der Waals surface area contributed by atoms with E-state index in [9.17, 15) is 9.90 Å². The monoisotopic (exact) mass is 331 g/mol. The van der Waals surface area contributed by atoms with E-state index in [-0.39, 0.29) is 24.0 Å². The standard InChI is InChI=1S/C20H29NO3/c1-2-15-6-8-16(9-7-15)10-11-20(23)21-12-13-24-14-18(21)17-4-3-5-19(17)22/h6-9,17-19,22H,2-5,10-14H2,1H3/t17-,18-,19-/m1/s1. The SMILES string of the molecule is CCc1ccc(CCC(=O)N2CCOC[C@@H]2[C@H]2CCC[C@H]2O)cc1. The lowest BCUT2D eigenvalue weighted by Gasteiger charge is -2.40. The molecule has 24 heavy (non-hydrogen) atoms. The third-order valence-corrected chi connectivity index (χ3v) is 5.57. The van der Waals surface area contributed by atoms with Gasteiger partial charge in [-0.25, -0.2) is 0 Å². The van der Waals surface area contributed by atoms with Gasteiger partial charge < -0.3 is 14.7 Å². The van der Waals surface area contributed by atoms with Crippen LogP contribution < -0.4 is 0 Å². The molecule has 0 radical (unpaired) electrons. The maximum atomic E-state index is 12.8. The molecule has 2 aliphatic rings. The van der Waals surface area contributed by atoms with E-state index in [1.807, 2.05) is 4.90 Å². The largest absolute Gasteiger partial charge is 0.393 e. The third kappa shape index (κ3) is 3.98. The van der Waals surface area contributed by atoms with Gasteiger partial charge in [0, 0.05) is 18.9 Å². The Bertz CT molecular complexity index is 542. The highest BCUT2D eigenvalue weighted by Gasteiger charge is 2.39. The molecule has 4 nitrogen and oxygen atoms in total. The lowest BCUT2D eigenvalue weighted by atomic mass is 9.93. The fraction of sp³-hybridized carbons (Fsp3) is 0.650. The molecule has 1 aromatic rings. The molecule has 1 saturated heterocycles. The van der Waals surface area contributed by atoms with Crippen LogP contribution in [0.15, 0.2) is 24.3 Å². The van der Waals surface area contributed by atoms with Crippen molar-refractivity contribution >= 4 is 5.91 Å². The molecule has 1 aromatic carbocycles. The Labute approximate surface area is 144 Å². The molecular weight excluding hydrogens is 302 g/mol. The second-order valence-corrected chi connectivity index (χ2v) is 7.06. The third-order valence-electron chi connectivity index (χ3n) is 5.57. The minimum Gasteiger partial charge on any atom is -0.393 e. The van der Waals surface area contributed by atoms with Gasteiger partial charge in [-0.2, -0.15) is 0 Å². The zero-order chi connectivity index (χ0) is 16.9. The van der Waals surface area contributed by atoms with Crippen LogP contribution >= 0.6 is 0 Å². The summed E-state index contributed by atoms with van der Waals surface area (Å²) in [5.41, 5.74) is 2.54. The molecule has 1 amide bonds. The van der Waals surface area contributed by atoms with Crippen molar-refractivity contribution in [1.29, 1.82) is 0 Å². The number of aryl methyl sites for hydroxylation is 2. The van der Waals surface area contributed by atoms with E-state index < -0.39 is 0 Å². The second kappa shape index (κ2) is 8.13. The predicted octanol–water partition coefficient (Wildman–Crippen LogP) is 2.57. The number of aliphatic hydroxyl groups is 1. The van der Waals surface area contributed by atoms with Crippen molar-refractivity contribution in [2.75, 3.05) is 19.8 Å². The van der Waals surface area contributed by atoms with Crippen LogP contribution in [0.3, 0.4) is 0 Å². The summed E-state index contributed by atoms with van der Waals surface area (Å²) in [7, 11) is 0. The summed E-state index contributed by atoms with van der Waals surface area (Å²) >= 11 is 0. The van der Waals surface area contributed by atoms with Gasteiger partial charge in [0.25, 0.3) is 0 Å². The van der Waals surface area contributed by atoms with Crippen LogP contribution in [0.4, 0.5) is 0 Å². The molecule has 1 aliphatic heterocycles. The van der Waals surface area contributed by atoms with E-state index in [1.54, 1.807) is 0 Å². The minimum absolute atomic E-state index is 0.0474. The molecule has 4 heteroatoms. The fourth-order valence-electron chi connectivity index (χ4n) is 4.04. The predicted molar refractivity (Wildman–Crippen MR) is 93.8 cm³/mol. The number of carbonyl (C=O) groups is 1. The molecule has 0 bridgehead atoms. The number of carbonyl (C=O) groups excluding carboxylic acids is 1. The van der Waals surface area contributed by atoms with Gasteiger partial charge in [-0.05, 0) is 36.8 Å². The summed E-state index contributed by atoms with van der Waals surface area (Å²) in [6, 6.07) is 8.59. The van der Waals surface area contributed by atoms with E-state index >= 15 is 0 Å². The summed E-state index contributed by atoms with van der Waals surface area (Å²) in [5.74, 6) is 0.375. The number of hydrogen-bond acceptors (Lipinski definition) is 3. The highest BCUT2D eigenvalue weighted by atomic mass is 16.5. The molecule has 132 valence electrons. The molecule has 3 atom stereocenters. The van der Waals surface area contributed by atoms with E-state index in [0.29, 0.717) is 26.2 Å². The zero-order valence-corrected chi connectivity index (χ0v) is 14.6. The van der Waals surface area contributed by atoms with Gasteiger partial charge in [-0.15, -0.1) is 0 Å². The van der Waals surface area contributed by atoms with Gasteiger partial charge >= 0.3 is 0 Å². The van der Waals surface area contributed by atoms with Gasteiger partial charge in [0.05, 0.1) is 25.4 Å². The summed E-state index contributed by atoms with van der Waals surface area (Å²) in [5, 5.41) is 10.2. The smallest absolute Gasteiger partial charge is 0.223 e. The molecule has 0 spiro atoms. The maximum absolute atomic E-state index is 12.8. The van der Waals surface area contributed by atoms with Crippen molar-refractivity contribution in [2.24, 2.45) is 5.92 Å². The lowest BCUT2D eigenvalue weighted by molar-refractivity contribution is -0.143. The first-order chi connectivity index (χ1) is 11.7. The Morgan fingerprint density at radius 2 is 2.00 bits per heavy atom. The molecule has 1 N–H and O–H groups in total. The van der Waals surface area contributed by atoms with Crippen LogP contribution in [0.25, 0.3) is 0 Å². The van der Waals surface area contributed by atoms with Crippen LogP contribution in [0, 0.1) is 5.92 Å². The van der Waals surface area contributed by atoms with E-state index in [4.69, 9.17) is 4.74 Å². The second-order valence-electron chi connectivity index (χ2n) is 7.06. The van der Waals surface area contributed by atoms with Crippen LogP contribution in [0.5, 0.6) is 0 Å². The van der Waals surface area contributed by atoms with Crippen molar-refractivity contribution in [3.63, 3.8) is 0 Å². The number of benzene rings is 1. The highest BCUT2D eigenvalue weighted by molar-refractivity contribution is 5.77. The Hall–Kier alpha value is -1.39. The summed E-state index contributed by atoms with van der Waals surface area (Å²) in [6.07, 6.45) is 4.97. The number of nitrogens with zero attached hydrogens (tertiary/aromatic N) is 1. The number of hydrogen-bond donors (Lipinski definition) is 1. The van der Waals surface area contributed by atoms with Gasteiger partial charge in [0.15, 0.2) is 0 Å². The van der Waals surface area contributed by atoms with Gasteiger partial charge in [0.1, 0.15) is 0 Å². The summed E-state index contributed by atoms with van der Waals surface area (Å²) in [6.45, 7) is 3.98. The van der Waals surface area contributed by atoms with Crippen molar-refractivity contribution < 1.29 is 14.6 Å². The van der Waals surface area contributed by atoms with Gasteiger partial charge in [-0.1, -0.05) is 37.6 Å². The first kappa shape index (κ1) is 17.4. The van der Waals surface area contributed by atoms with Crippen LogP contribution in [-0.4, -0.2) is 47.8 Å². The normalized spacial score (nSPS) is 27.4. The van der Waals surface area contributed by atoms with E-state index in [0.717, 1.165) is 32.1 Å². The Morgan fingerprint density at radius 1 is 1.25 bits per heavy atom. The molecule has 3 rings (SSSR count). The number of rotatable bonds is 5. The number of morpholine rings is 1. The van der Waals surface area contributed by atoms with Crippen molar-refractivity contribution in [3.05, 3.63) is 35.4 Å². The number of aliphatic hydroxyl groups excluding tert-OH is 1. The minimum atomic E-state index is -0.284. The number of ether oxygens (including phenoxy) is 1. The lowest BCUT2D eigenvalue weighted by Crippen LogP contribution is -2.53. The highest BCUT2D eigenvalue weighted by Crippen LogP contribution is 2.32. The molecule has 1 saturated carbocycles. The van der Waals surface area contributed by atoms with Crippen molar-refractivity contribution in [2.45, 2.75) is 57.6 Å². The average molecular weight is 331 g/mol. The molecule has 1 aliphatic carbocycles. The Kier molecular flexibility index (Phi) is 5.90.